The molecule has 124 valence electrons. The van der Waals surface area contributed by atoms with E-state index in [4.69, 9.17) is 21.3 Å². The molecule has 2 aromatic rings. The molecule has 4 heteroatoms. The van der Waals surface area contributed by atoms with Crippen molar-refractivity contribution >= 4 is 17.5 Å². The molecule has 0 spiro atoms. The number of halogens is 2. The summed E-state index contributed by atoms with van der Waals surface area (Å²) in [5.41, 5.74) is 2.66. The summed E-state index contributed by atoms with van der Waals surface area (Å²) in [5.74, 6) is 0.300. The van der Waals surface area contributed by atoms with Gasteiger partial charge in [-0.1, -0.05) is 47.5 Å². The predicted octanol–water partition coefficient (Wildman–Crippen LogP) is 5.47. The van der Waals surface area contributed by atoms with E-state index in [0.717, 1.165) is 24.8 Å². The van der Waals surface area contributed by atoms with Gasteiger partial charge in [-0.05, 0) is 43.9 Å². The fraction of sp³-hybridized carbons (Fsp3) is 0.350. The number of fused-ring (bicyclic) bond motifs is 1. The summed E-state index contributed by atoms with van der Waals surface area (Å²) in [6, 6.07) is 13.1. The van der Waals surface area contributed by atoms with Crippen molar-refractivity contribution in [1.82, 2.24) is 0 Å². The van der Waals surface area contributed by atoms with Crippen LogP contribution < -0.4 is 0 Å². The van der Waals surface area contributed by atoms with Crippen LogP contribution in [0.5, 0.6) is 0 Å². The van der Waals surface area contributed by atoms with Crippen LogP contribution in [0.4, 0.5) is 4.39 Å². The zero-order valence-corrected chi connectivity index (χ0v) is 14.3. The second-order valence-corrected chi connectivity index (χ2v) is 7.04. The Bertz CT molecular complexity index is 766. The van der Waals surface area contributed by atoms with Gasteiger partial charge < -0.3 is 4.74 Å². The van der Waals surface area contributed by atoms with E-state index in [2.05, 4.69) is 31.2 Å². The van der Waals surface area contributed by atoms with Gasteiger partial charge in [-0.2, -0.15) is 0 Å². The molecule has 1 fully saturated rings. The molecule has 0 radical (unpaired) electrons. The van der Waals surface area contributed by atoms with Crippen molar-refractivity contribution in [2.45, 2.75) is 38.3 Å². The molecule has 0 amide bonds. The summed E-state index contributed by atoms with van der Waals surface area (Å²) in [6.07, 6.45) is 3.27. The molecule has 0 saturated heterocycles. The zero-order valence-electron chi connectivity index (χ0n) is 13.5. The lowest BCUT2D eigenvalue weighted by atomic mass is 9.89. The lowest BCUT2D eigenvalue weighted by molar-refractivity contribution is 0.110. The maximum Gasteiger partial charge on any atom is 0.221 e. The van der Waals surface area contributed by atoms with Gasteiger partial charge in [0, 0.05) is 5.92 Å². The van der Waals surface area contributed by atoms with Gasteiger partial charge >= 0.3 is 0 Å². The molecule has 2 nitrogen and oxygen atoms in total. The topological polar surface area (TPSA) is 21.6 Å². The van der Waals surface area contributed by atoms with E-state index in [1.165, 1.54) is 11.6 Å². The summed E-state index contributed by atoms with van der Waals surface area (Å²) in [6.45, 7) is 2.07. The number of nitrogens with zero attached hydrogens (tertiary/aromatic N) is 1. The molecule has 0 bridgehead atoms. The van der Waals surface area contributed by atoms with E-state index >= 15 is 0 Å². The van der Waals surface area contributed by atoms with Gasteiger partial charge in [-0.15, -0.1) is 0 Å². The van der Waals surface area contributed by atoms with Crippen LogP contribution in [0.25, 0.3) is 0 Å². The second-order valence-electron chi connectivity index (χ2n) is 6.64. The number of hydrogen-bond acceptors (Lipinski definition) is 2. The van der Waals surface area contributed by atoms with Crippen LogP contribution in [-0.4, -0.2) is 12.0 Å². The third kappa shape index (κ3) is 2.71. The smallest absolute Gasteiger partial charge is 0.221 e. The Balaban J connectivity index is 1.80. The van der Waals surface area contributed by atoms with Gasteiger partial charge in [0.2, 0.25) is 5.90 Å². The molecule has 1 aliphatic carbocycles. The van der Waals surface area contributed by atoms with Crippen molar-refractivity contribution in [2.24, 2.45) is 10.9 Å². The Labute approximate surface area is 146 Å². The maximum atomic E-state index is 14.3. The Morgan fingerprint density at radius 2 is 1.92 bits per heavy atom. The van der Waals surface area contributed by atoms with Gasteiger partial charge in [-0.3, -0.25) is 0 Å². The molecular weight excluding hydrogens is 325 g/mol. The summed E-state index contributed by atoms with van der Waals surface area (Å²) in [5, 5.41) is 0.341. The number of aliphatic imine (C=N–C) groups is 1. The molecule has 3 atom stereocenters. The highest BCUT2D eigenvalue weighted by Crippen LogP contribution is 2.44. The molecule has 1 heterocycles. The summed E-state index contributed by atoms with van der Waals surface area (Å²) in [4.78, 5) is 4.79. The number of hydrogen-bond donors (Lipinski definition) is 0. The number of benzene rings is 2. The largest absolute Gasteiger partial charge is 0.474 e. The quantitative estimate of drug-likeness (QED) is 0.708. The first kappa shape index (κ1) is 15.6. The Kier molecular flexibility index (Phi) is 4.05. The van der Waals surface area contributed by atoms with Gasteiger partial charge in [0.25, 0.3) is 0 Å². The van der Waals surface area contributed by atoms with Crippen molar-refractivity contribution in [3.8, 4) is 0 Å². The molecular formula is C20H19ClFNO. The Morgan fingerprint density at radius 3 is 2.67 bits per heavy atom. The molecule has 2 aromatic carbocycles. The summed E-state index contributed by atoms with van der Waals surface area (Å²) >= 11 is 6.22. The summed E-state index contributed by atoms with van der Waals surface area (Å²) in [7, 11) is 0. The Morgan fingerprint density at radius 1 is 1.12 bits per heavy atom. The van der Waals surface area contributed by atoms with Gasteiger partial charge in [0.15, 0.2) is 0 Å². The van der Waals surface area contributed by atoms with Gasteiger partial charge in [0.1, 0.15) is 11.9 Å². The molecule has 0 aromatic heterocycles. The van der Waals surface area contributed by atoms with Crippen LogP contribution in [-0.2, 0) is 4.74 Å². The van der Waals surface area contributed by atoms with Crippen LogP contribution in [0.2, 0.25) is 5.02 Å². The molecule has 24 heavy (non-hydrogen) atoms. The highest BCUT2D eigenvalue weighted by Gasteiger charge is 2.41. The van der Waals surface area contributed by atoms with E-state index in [0.29, 0.717) is 16.8 Å². The highest BCUT2D eigenvalue weighted by atomic mass is 35.5. The third-order valence-corrected chi connectivity index (χ3v) is 5.34. The standard InChI is InChI=1S/C20H19ClFNO/c1-12-8-10-13(11-9-12)19-14-4-2-7-17(14)24-20(23-19)18-15(21)5-3-6-16(18)22/h3,5-6,8-11,14,17,19H,2,4,7H2,1H3. The monoisotopic (exact) mass is 343 g/mol. The lowest BCUT2D eigenvalue weighted by Gasteiger charge is -2.33. The van der Waals surface area contributed by atoms with E-state index in [9.17, 15) is 4.39 Å². The van der Waals surface area contributed by atoms with Crippen molar-refractivity contribution < 1.29 is 9.13 Å². The van der Waals surface area contributed by atoms with Crippen molar-refractivity contribution in [3.05, 3.63) is 70.0 Å². The number of rotatable bonds is 2. The minimum absolute atomic E-state index is 0.00229. The molecule has 4 rings (SSSR count). The SMILES string of the molecule is Cc1ccc(C2N=C(c3c(F)cccc3Cl)OC3CCCC32)cc1. The molecule has 0 N–H and O–H groups in total. The van der Waals surface area contributed by atoms with E-state index < -0.39 is 0 Å². The van der Waals surface area contributed by atoms with Gasteiger partial charge in [-0.25, -0.2) is 9.38 Å². The molecule has 1 aliphatic heterocycles. The molecule has 2 aliphatic rings. The first-order valence-corrected chi connectivity index (χ1v) is 8.76. The average Bonchev–Trinajstić information content (AvgIpc) is 3.03. The maximum absolute atomic E-state index is 14.3. The normalized spacial score (nSPS) is 25.8. The van der Waals surface area contributed by atoms with E-state index in [1.807, 2.05) is 0 Å². The fourth-order valence-electron chi connectivity index (χ4n) is 3.77. The van der Waals surface area contributed by atoms with Crippen molar-refractivity contribution in [3.63, 3.8) is 0 Å². The van der Waals surface area contributed by atoms with Crippen LogP contribution >= 0.6 is 11.6 Å². The minimum Gasteiger partial charge on any atom is -0.474 e. The fourth-order valence-corrected chi connectivity index (χ4v) is 4.01. The predicted molar refractivity (Wildman–Crippen MR) is 94.1 cm³/mol. The molecule has 3 unspecified atom stereocenters. The second kappa shape index (κ2) is 6.21. The average molecular weight is 344 g/mol. The number of aryl methyl sites for hydroxylation is 1. The van der Waals surface area contributed by atoms with Crippen LogP contribution in [0, 0.1) is 18.7 Å². The first-order chi connectivity index (χ1) is 11.6. The van der Waals surface area contributed by atoms with E-state index in [1.54, 1.807) is 12.1 Å². The lowest BCUT2D eigenvalue weighted by Crippen LogP contribution is -2.32. The van der Waals surface area contributed by atoms with Crippen LogP contribution in [0.3, 0.4) is 0 Å². The Hall–Kier alpha value is -1.87. The first-order valence-electron chi connectivity index (χ1n) is 8.39. The van der Waals surface area contributed by atoms with Crippen molar-refractivity contribution in [1.29, 1.82) is 0 Å². The molecule has 1 saturated carbocycles. The number of ether oxygens (including phenoxy) is 1. The third-order valence-electron chi connectivity index (χ3n) is 5.02. The van der Waals surface area contributed by atoms with Gasteiger partial charge in [0.05, 0.1) is 16.6 Å². The van der Waals surface area contributed by atoms with Crippen molar-refractivity contribution in [2.75, 3.05) is 0 Å². The van der Waals surface area contributed by atoms with E-state index in [-0.39, 0.29) is 23.5 Å². The van der Waals surface area contributed by atoms with Crippen LogP contribution in [0.1, 0.15) is 42.0 Å². The zero-order chi connectivity index (χ0) is 16.7. The summed E-state index contributed by atoms with van der Waals surface area (Å²) < 4.78 is 20.4. The highest BCUT2D eigenvalue weighted by molar-refractivity contribution is 6.33. The minimum atomic E-state index is -0.389. The van der Waals surface area contributed by atoms with Crippen LogP contribution in [0.15, 0.2) is 47.5 Å².